The monoisotopic (exact) mass is 434 g/mol. The van der Waals surface area contributed by atoms with Gasteiger partial charge < -0.3 is 25.3 Å². The number of aromatic amines is 2. The maximum absolute atomic E-state index is 9.53. The van der Waals surface area contributed by atoms with Crippen molar-refractivity contribution in [2.75, 3.05) is 19.8 Å². The fraction of sp³-hybridized carbons (Fsp3) is 0.407. The minimum absolute atomic E-state index is 0.128. The number of benzene rings is 2. The highest BCUT2D eigenvalue weighted by atomic mass is 16.3. The van der Waals surface area contributed by atoms with Crippen molar-refractivity contribution in [1.29, 1.82) is 0 Å². The number of para-hydroxylation sites is 2. The van der Waals surface area contributed by atoms with Crippen LogP contribution in [0.15, 0.2) is 48.5 Å². The molecule has 0 spiro atoms. The summed E-state index contributed by atoms with van der Waals surface area (Å²) in [6.45, 7) is 0.533. The van der Waals surface area contributed by atoms with Crippen molar-refractivity contribution in [2.24, 2.45) is 0 Å². The van der Waals surface area contributed by atoms with E-state index in [1.165, 1.54) is 33.3 Å². The van der Waals surface area contributed by atoms with E-state index in [2.05, 4.69) is 58.5 Å². The van der Waals surface area contributed by atoms with Gasteiger partial charge in [-0.3, -0.25) is 0 Å². The van der Waals surface area contributed by atoms with Crippen LogP contribution in [0.3, 0.4) is 0 Å². The first-order chi connectivity index (χ1) is 15.8. The smallest absolute Gasteiger partial charge is 0.0459 e. The van der Waals surface area contributed by atoms with E-state index in [1.807, 2.05) is 0 Å². The van der Waals surface area contributed by atoms with Gasteiger partial charge in [0.2, 0.25) is 0 Å². The molecule has 2 aromatic carbocycles. The molecule has 5 nitrogen and oxygen atoms in total. The predicted octanol–water partition coefficient (Wildman–Crippen LogP) is 4.79. The Kier molecular flexibility index (Phi) is 7.63. The molecular weight excluding hydrogens is 400 g/mol. The average Bonchev–Trinajstić information content (AvgIpc) is 3.37. The van der Waals surface area contributed by atoms with E-state index in [1.54, 1.807) is 0 Å². The fourth-order valence-electron chi connectivity index (χ4n) is 4.98. The van der Waals surface area contributed by atoms with Crippen LogP contribution in [-0.2, 0) is 12.8 Å². The first-order valence-corrected chi connectivity index (χ1v) is 11.8. The molecule has 5 N–H and O–H groups in total. The van der Waals surface area contributed by atoms with Gasteiger partial charge in [0.25, 0.3) is 0 Å². The van der Waals surface area contributed by atoms with E-state index in [0.29, 0.717) is 0 Å². The summed E-state index contributed by atoms with van der Waals surface area (Å²) in [6, 6.07) is 16.8. The highest BCUT2D eigenvalue weighted by Gasteiger charge is 2.26. The minimum Gasteiger partial charge on any atom is -0.396 e. The summed E-state index contributed by atoms with van der Waals surface area (Å²) in [6.07, 6.45) is 5.69. The van der Waals surface area contributed by atoms with Gasteiger partial charge >= 0.3 is 0 Å². The molecule has 2 heterocycles. The fourth-order valence-corrected chi connectivity index (χ4v) is 4.98. The summed E-state index contributed by atoms with van der Waals surface area (Å²) >= 11 is 0. The van der Waals surface area contributed by atoms with E-state index in [0.717, 1.165) is 56.0 Å². The van der Waals surface area contributed by atoms with Crippen LogP contribution in [0.5, 0.6) is 0 Å². The van der Waals surface area contributed by atoms with Gasteiger partial charge in [0, 0.05) is 58.9 Å². The second kappa shape index (κ2) is 10.8. The van der Waals surface area contributed by atoms with Crippen LogP contribution >= 0.6 is 0 Å². The minimum atomic E-state index is 0.128. The first kappa shape index (κ1) is 22.6. The predicted molar refractivity (Wildman–Crippen MR) is 130 cm³/mol. The van der Waals surface area contributed by atoms with Gasteiger partial charge in [0.05, 0.1) is 0 Å². The number of hydrogen-bond donors (Lipinski definition) is 5. The second-order valence-electron chi connectivity index (χ2n) is 8.55. The quantitative estimate of drug-likeness (QED) is 0.208. The molecule has 32 heavy (non-hydrogen) atoms. The molecule has 0 saturated heterocycles. The van der Waals surface area contributed by atoms with E-state index in [-0.39, 0.29) is 25.7 Å². The zero-order valence-corrected chi connectivity index (χ0v) is 18.6. The topological polar surface area (TPSA) is 92.3 Å². The number of unbranched alkanes of at least 4 members (excludes halogenated alkanes) is 1. The van der Waals surface area contributed by atoms with Crippen molar-refractivity contribution in [2.45, 2.75) is 50.9 Å². The third-order valence-electron chi connectivity index (χ3n) is 6.46. The molecule has 0 amide bonds. The van der Waals surface area contributed by atoms with Crippen LogP contribution in [0.25, 0.3) is 21.8 Å². The Morgan fingerprint density at radius 1 is 0.594 bits per heavy atom. The molecule has 5 heteroatoms. The molecule has 0 bridgehead atoms. The number of hydrogen-bond acceptors (Lipinski definition) is 3. The molecule has 4 aromatic rings. The summed E-state index contributed by atoms with van der Waals surface area (Å²) in [7, 11) is 0. The molecule has 0 radical (unpaired) electrons. The molecule has 0 aliphatic heterocycles. The summed E-state index contributed by atoms with van der Waals surface area (Å²) in [5.74, 6) is 0.128. The zero-order valence-electron chi connectivity index (χ0n) is 18.6. The zero-order chi connectivity index (χ0) is 22.3. The van der Waals surface area contributed by atoms with Gasteiger partial charge in [0.15, 0.2) is 0 Å². The summed E-state index contributed by atoms with van der Waals surface area (Å²) < 4.78 is 0. The van der Waals surface area contributed by atoms with Crippen molar-refractivity contribution < 1.29 is 15.3 Å². The molecule has 0 aliphatic rings. The number of aryl methyl sites for hydroxylation is 2. The Balaban J connectivity index is 1.87. The van der Waals surface area contributed by atoms with Gasteiger partial charge in [-0.15, -0.1) is 0 Å². The lowest BCUT2D eigenvalue weighted by Gasteiger charge is -2.19. The number of aliphatic hydroxyl groups is 3. The van der Waals surface area contributed by atoms with Gasteiger partial charge in [-0.2, -0.15) is 0 Å². The Hall–Kier alpha value is -2.60. The second-order valence-corrected chi connectivity index (χ2v) is 8.55. The van der Waals surface area contributed by atoms with Crippen LogP contribution in [0.2, 0.25) is 0 Å². The Labute approximate surface area is 189 Å². The van der Waals surface area contributed by atoms with Crippen molar-refractivity contribution >= 4 is 21.8 Å². The number of aliphatic hydroxyl groups excluding tert-OH is 3. The summed E-state index contributed by atoms with van der Waals surface area (Å²) in [4.78, 5) is 7.43. The van der Waals surface area contributed by atoms with Crippen molar-refractivity contribution in [3.8, 4) is 0 Å². The average molecular weight is 435 g/mol. The standard InChI is InChI=1S/C27H34N2O3/c30-16-6-5-11-23(26-21(12-7-17-31)19-9-1-3-14-24(19)28-26)27-22(13-8-18-32)20-10-2-4-15-25(20)29-27/h1-4,9-10,14-15,23,28-32H,5-8,11-13,16-18H2. The van der Waals surface area contributed by atoms with Crippen molar-refractivity contribution in [3.05, 3.63) is 71.0 Å². The molecule has 0 fully saturated rings. The van der Waals surface area contributed by atoms with Gasteiger partial charge in [0.1, 0.15) is 0 Å². The maximum atomic E-state index is 9.53. The number of nitrogens with one attached hydrogen (secondary N) is 2. The molecule has 0 unspecified atom stereocenters. The van der Waals surface area contributed by atoms with Gasteiger partial charge in [-0.25, -0.2) is 0 Å². The summed E-state index contributed by atoms with van der Waals surface area (Å²) in [5.41, 5.74) is 7.20. The van der Waals surface area contributed by atoms with Crippen molar-refractivity contribution in [3.63, 3.8) is 0 Å². The molecule has 2 aromatic heterocycles. The van der Waals surface area contributed by atoms with Crippen LogP contribution < -0.4 is 0 Å². The van der Waals surface area contributed by atoms with Crippen molar-refractivity contribution in [1.82, 2.24) is 9.97 Å². The Morgan fingerprint density at radius 3 is 1.53 bits per heavy atom. The normalized spacial score (nSPS) is 11.9. The van der Waals surface area contributed by atoms with E-state index >= 15 is 0 Å². The molecule has 170 valence electrons. The third kappa shape index (κ3) is 4.60. The van der Waals surface area contributed by atoms with Crippen LogP contribution in [-0.4, -0.2) is 45.1 Å². The van der Waals surface area contributed by atoms with Crippen LogP contribution in [0.4, 0.5) is 0 Å². The lowest BCUT2D eigenvalue weighted by atomic mass is 9.87. The lowest BCUT2D eigenvalue weighted by molar-refractivity contribution is 0.281. The van der Waals surface area contributed by atoms with E-state index in [4.69, 9.17) is 0 Å². The first-order valence-electron chi connectivity index (χ1n) is 11.8. The lowest BCUT2D eigenvalue weighted by Crippen LogP contribution is -2.09. The van der Waals surface area contributed by atoms with Crippen LogP contribution in [0, 0.1) is 0 Å². The molecule has 0 saturated carbocycles. The molecule has 0 atom stereocenters. The molecular formula is C27H34N2O3. The number of aromatic nitrogens is 2. The largest absolute Gasteiger partial charge is 0.396 e. The van der Waals surface area contributed by atoms with Gasteiger partial charge in [-0.05, 0) is 61.8 Å². The van der Waals surface area contributed by atoms with Gasteiger partial charge in [-0.1, -0.05) is 42.8 Å². The highest BCUT2D eigenvalue weighted by Crippen LogP contribution is 2.39. The van der Waals surface area contributed by atoms with E-state index in [9.17, 15) is 15.3 Å². The number of fused-ring (bicyclic) bond motifs is 2. The van der Waals surface area contributed by atoms with Crippen LogP contribution in [0.1, 0.15) is 60.5 Å². The SMILES string of the molecule is OCCCCC(c1[nH]c2ccccc2c1CCCO)c1[nH]c2ccccc2c1CCCO. The molecule has 4 rings (SSSR count). The number of rotatable bonds is 12. The Bertz CT molecular complexity index is 1060. The maximum Gasteiger partial charge on any atom is 0.0459 e. The highest BCUT2D eigenvalue weighted by molar-refractivity contribution is 5.87. The number of H-pyrrole nitrogens is 2. The van der Waals surface area contributed by atoms with E-state index < -0.39 is 0 Å². The third-order valence-corrected chi connectivity index (χ3v) is 6.46. The Morgan fingerprint density at radius 2 is 1.06 bits per heavy atom. The molecule has 0 aliphatic carbocycles. The summed E-state index contributed by atoms with van der Waals surface area (Å²) in [5, 5.41) is 30.9.